The Bertz CT molecular complexity index is 1020. The molecule has 156 valence electrons. The van der Waals surface area contributed by atoms with Crippen LogP contribution in [0.15, 0.2) is 60.7 Å². The van der Waals surface area contributed by atoms with Crippen molar-refractivity contribution < 1.29 is 14.0 Å². The molecule has 0 bridgehead atoms. The molecule has 31 heavy (non-hydrogen) atoms. The first-order valence-corrected chi connectivity index (χ1v) is 10.6. The number of para-hydroxylation sites is 1. The molecule has 0 saturated heterocycles. The summed E-state index contributed by atoms with van der Waals surface area (Å²) in [5.41, 5.74) is 6.76. The Morgan fingerprint density at radius 1 is 0.710 bits per heavy atom. The molecule has 0 fully saturated rings. The standard InChI is InChI=1S/C24H26B2N2O3/c1-27-13-15-29-25-20-10-6-9-18-22(20)19-11-12-21(31-17-7-4-3-5-8-17)24(23(18)19)26-30-16-14-28-2/h3-12,27-28H,13-16H2,1-2H3. The molecule has 4 rings (SSSR count). The molecule has 0 unspecified atom stereocenters. The van der Waals surface area contributed by atoms with Gasteiger partial charge in [-0.2, -0.15) is 0 Å². The number of nitrogens with one attached hydrogen (secondary N) is 2. The SMILES string of the molecule is CNCCO[B]c1cccc2c1-c1ccc(Oc3ccccc3)c([B]OCCNC)c1-2. The van der Waals surface area contributed by atoms with E-state index in [1.165, 1.54) is 16.7 Å². The van der Waals surface area contributed by atoms with E-state index >= 15 is 0 Å². The number of rotatable bonds is 12. The van der Waals surface area contributed by atoms with Gasteiger partial charge in [0.2, 0.25) is 0 Å². The summed E-state index contributed by atoms with van der Waals surface area (Å²) in [7, 11) is 7.49. The first-order valence-electron chi connectivity index (χ1n) is 10.6. The predicted molar refractivity (Wildman–Crippen MR) is 128 cm³/mol. The molecule has 5 nitrogen and oxygen atoms in total. The van der Waals surface area contributed by atoms with Crippen molar-refractivity contribution in [3.8, 4) is 33.8 Å². The molecule has 0 saturated carbocycles. The molecule has 0 atom stereocenters. The van der Waals surface area contributed by atoms with Gasteiger partial charge in [0.05, 0.1) is 0 Å². The van der Waals surface area contributed by atoms with Crippen LogP contribution in [0.5, 0.6) is 11.5 Å². The fourth-order valence-electron chi connectivity index (χ4n) is 3.65. The minimum atomic E-state index is 0.588. The summed E-state index contributed by atoms with van der Waals surface area (Å²) < 4.78 is 17.8. The molecular weight excluding hydrogens is 386 g/mol. The van der Waals surface area contributed by atoms with Gasteiger partial charge in [-0.1, -0.05) is 42.5 Å². The van der Waals surface area contributed by atoms with Crippen molar-refractivity contribution in [3.63, 3.8) is 0 Å². The van der Waals surface area contributed by atoms with Crippen molar-refractivity contribution in [2.24, 2.45) is 0 Å². The third-order valence-corrected chi connectivity index (χ3v) is 5.16. The van der Waals surface area contributed by atoms with Crippen LogP contribution in [-0.4, -0.2) is 55.4 Å². The van der Waals surface area contributed by atoms with Crippen LogP contribution in [-0.2, 0) is 9.31 Å². The zero-order chi connectivity index (χ0) is 21.5. The zero-order valence-electron chi connectivity index (χ0n) is 18.0. The molecule has 0 spiro atoms. The van der Waals surface area contributed by atoms with Crippen molar-refractivity contribution in [3.05, 3.63) is 60.7 Å². The van der Waals surface area contributed by atoms with Gasteiger partial charge in [0.15, 0.2) is 0 Å². The van der Waals surface area contributed by atoms with Gasteiger partial charge in [-0.05, 0) is 65.5 Å². The molecule has 3 aromatic carbocycles. The summed E-state index contributed by atoms with van der Waals surface area (Å²) >= 11 is 0. The number of hydrogen-bond donors (Lipinski definition) is 2. The van der Waals surface area contributed by atoms with Crippen molar-refractivity contribution in [1.82, 2.24) is 10.6 Å². The van der Waals surface area contributed by atoms with E-state index in [4.69, 9.17) is 14.0 Å². The summed E-state index contributed by atoms with van der Waals surface area (Å²) in [6.45, 7) is 2.81. The highest BCUT2D eigenvalue weighted by Gasteiger charge is 2.30. The monoisotopic (exact) mass is 412 g/mol. The van der Waals surface area contributed by atoms with Gasteiger partial charge in [-0.25, -0.2) is 0 Å². The van der Waals surface area contributed by atoms with E-state index in [0.29, 0.717) is 13.2 Å². The maximum atomic E-state index is 6.21. The number of fused-ring (bicyclic) bond motifs is 4. The van der Waals surface area contributed by atoms with E-state index < -0.39 is 0 Å². The van der Waals surface area contributed by atoms with Crippen molar-refractivity contribution in [1.29, 1.82) is 0 Å². The molecule has 7 heteroatoms. The van der Waals surface area contributed by atoms with Crippen LogP contribution in [0.4, 0.5) is 0 Å². The van der Waals surface area contributed by atoms with Gasteiger partial charge in [0.1, 0.15) is 11.5 Å². The average molecular weight is 412 g/mol. The molecule has 2 N–H and O–H groups in total. The van der Waals surface area contributed by atoms with Crippen LogP contribution in [0.1, 0.15) is 0 Å². The topological polar surface area (TPSA) is 51.8 Å². The van der Waals surface area contributed by atoms with E-state index in [-0.39, 0.29) is 0 Å². The molecule has 1 aliphatic carbocycles. The second kappa shape index (κ2) is 10.6. The summed E-state index contributed by atoms with van der Waals surface area (Å²) in [6, 6.07) is 20.2. The molecule has 0 amide bonds. The Labute approximate surface area is 185 Å². The third-order valence-electron chi connectivity index (χ3n) is 5.16. The van der Waals surface area contributed by atoms with Gasteiger partial charge in [0, 0.05) is 26.3 Å². The number of ether oxygens (including phenoxy) is 1. The molecule has 0 heterocycles. The van der Waals surface area contributed by atoms with Crippen molar-refractivity contribution in [2.75, 3.05) is 40.4 Å². The van der Waals surface area contributed by atoms with E-state index in [0.717, 1.165) is 41.1 Å². The number of benzene rings is 3. The molecule has 3 aromatic rings. The van der Waals surface area contributed by atoms with Crippen LogP contribution in [0, 0.1) is 0 Å². The minimum Gasteiger partial charge on any atom is -0.458 e. The van der Waals surface area contributed by atoms with E-state index in [2.05, 4.69) is 34.9 Å². The molecule has 2 radical (unpaired) electrons. The zero-order valence-corrected chi connectivity index (χ0v) is 18.0. The molecule has 0 aliphatic heterocycles. The lowest BCUT2D eigenvalue weighted by Gasteiger charge is -2.30. The van der Waals surface area contributed by atoms with Crippen molar-refractivity contribution in [2.45, 2.75) is 0 Å². The summed E-state index contributed by atoms with van der Waals surface area (Å²) in [5.74, 6) is 1.58. The highest BCUT2D eigenvalue weighted by molar-refractivity contribution is 6.55. The van der Waals surface area contributed by atoms with E-state index in [9.17, 15) is 0 Å². The number of hydrogen-bond acceptors (Lipinski definition) is 5. The second-order valence-electron chi connectivity index (χ2n) is 7.27. The highest BCUT2D eigenvalue weighted by Crippen LogP contribution is 2.46. The largest absolute Gasteiger partial charge is 0.458 e. The van der Waals surface area contributed by atoms with Crippen LogP contribution in [0.3, 0.4) is 0 Å². The molecular formula is C24H26B2N2O3. The van der Waals surface area contributed by atoms with Crippen LogP contribution in [0.2, 0.25) is 0 Å². The Morgan fingerprint density at radius 3 is 2.16 bits per heavy atom. The van der Waals surface area contributed by atoms with Gasteiger partial charge in [0.25, 0.3) is 0 Å². The van der Waals surface area contributed by atoms with Gasteiger partial charge >= 0.3 is 15.0 Å². The fraction of sp³-hybridized carbons (Fsp3) is 0.250. The fourth-order valence-corrected chi connectivity index (χ4v) is 3.65. The summed E-state index contributed by atoms with van der Waals surface area (Å²) in [6.07, 6.45) is 0. The van der Waals surface area contributed by atoms with Gasteiger partial charge in [-0.15, -0.1) is 0 Å². The lowest BCUT2D eigenvalue weighted by Crippen LogP contribution is -2.31. The molecule has 1 aliphatic rings. The van der Waals surface area contributed by atoms with Gasteiger partial charge in [-0.3, -0.25) is 0 Å². The maximum Gasteiger partial charge on any atom is 0.334 e. The first kappa shape index (κ1) is 21.7. The second-order valence-corrected chi connectivity index (χ2v) is 7.27. The van der Waals surface area contributed by atoms with E-state index in [1.807, 2.05) is 65.5 Å². The van der Waals surface area contributed by atoms with Crippen LogP contribution >= 0.6 is 0 Å². The van der Waals surface area contributed by atoms with Crippen LogP contribution < -0.4 is 26.3 Å². The Hall–Kier alpha value is -2.57. The minimum absolute atomic E-state index is 0.588. The van der Waals surface area contributed by atoms with E-state index in [1.54, 1.807) is 0 Å². The third kappa shape index (κ3) is 4.86. The van der Waals surface area contributed by atoms with Crippen molar-refractivity contribution >= 4 is 25.9 Å². The smallest absolute Gasteiger partial charge is 0.334 e. The Kier molecular flexibility index (Phi) is 7.43. The first-order chi connectivity index (χ1) is 15.3. The average Bonchev–Trinajstić information content (AvgIpc) is 2.79. The maximum absolute atomic E-state index is 6.21. The quantitative estimate of drug-likeness (QED) is 0.276. The normalized spacial score (nSPS) is 11.3. The number of likely N-dealkylation sites (N-methyl/N-ethyl adjacent to an activating group) is 2. The Balaban J connectivity index is 1.62. The lowest BCUT2D eigenvalue weighted by molar-refractivity contribution is 0.341. The summed E-state index contributed by atoms with van der Waals surface area (Å²) in [5, 5.41) is 6.19. The predicted octanol–water partition coefficient (Wildman–Crippen LogP) is 2.09. The summed E-state index contributed by atoms with van der Waals surface area (Å²) in [4.78, 5) is 0. The Morgan fingerprint density at radius 2 is 1.42 bits per heavy atom. The van der Waals surface area contributed by atoms with Gasteiger partial charge < -0.3 is 24.7 Å². The van der Waals surface area contributed by atoms with Crippen LogP contribution in [0.25, 0.3) is 22.3 Å². The molecule has 0 aromatic heterocycles. The highest BCUT2D eigenvalue weighted by atomic mass is 16.5. The lowest BCUT2D eigenvalue weighted by atomic mass is 9.65.